The van der Waals surface area contributed by atoms with E-state index >= 15 is 0 Å². The van der Waals surface area contributed by atoms with Crippen LogP contribution in [-0.2, 0) is 9.47 Å². The summed E-state index contributed by atoms with van der Waals surface area (Å²) in [6.07, 6.45) is 0.0102. The molecule has 1 heterocycles. The lowest BCUT2D eigenvalue weighted by atomic mass is 10.2. The van der Waals surface area contributed by atoms with Gasteiger partial charge in [0.05, 0.1) is 0 Å². The van der Waals surface area contributed by atoms with Gasteiger partial charge in [0.2, 0.25) is 5.96 Å². The third kappa shape index (κ3) is 9.65. The first kappa shape index (κ1) is 20.9. The highest BCUT2D eigenvalue weighted by atomic mass is 79.9. The number of aliphatic imine (C=N–C) groups is 1. The second kappa shape index (κ2) is 8.28. The maximum absolute atomic E-state index is 11.9. The van der Waals surface area contributed by atoms with E-state index in [0.717, 1.165) is 4.47 Å². The van der Waals surface area contributed by atoms with E-state index in [1.807, 2.05) is 0 Å². The first-order chi connectivity index (χ1) is 11.3. The van der Waals surface area contributed by atoms with E-state index in [4.69, 9.17) is 9.47 Å². The monoisotopic (exact) mass is 414 g/mol. The van der Waals surface area contributed by atoms with E-state index in [9.17, 15) is 9.59 Å². The van der Waals surface area contributed by atoms with Gasteiger partial charge in [0, 0.05) is 10.7 Å². The van der Waals surface area contributed by atoms with Crippen molar-refractivity contribution in [1.29, 1.82) is 0 Å². The molecular weight excluding hydrogens is 392 g/mol. The van der Waals surface area contributed by atoms with Crippen molar-refractivity contribution >= 4 is 39.9 Å². The lowest BCUT2D eigenvalue weighted by Gasteiger charge is -2.22. The normalized spacial score (nSPS) is 11.3. The fourth-order valence-corrected chi connectivity index (χ4v) is 1.67. The van der Waals surface area contributed by atoms with Crippen molar-refractivity contribution in [3.8, 4) is 0 Å². The van der Waals surface area contributed by atoms with Crippen LogP contribution in [0.3, 0.4) is 0 Å². The molecule has 0 aliphatic rings. The standard InChI is InChI=1S/C16H23BrN4O4/c1-15(2,3)24-13(22)20-12(21-14(23)25-16(4,5)6)19-11-8-7-10(17)9-18-11/h7-9H,1-6H3,(H2,18,19,20,21,22,23). The van der Waals surface area contributed by atoms with Gasteiger partial charge in [-0.1, -0.05) is 0 Å². The number of amides is 2. The number of pyridine rings is 1. The summed E-state index contributed by atoms with van der Waals surface area (Å²) in [4.78, 5) is 32.1. The Morgan fingerprint density at radius 3 is 1.84 bits per heavy atom. The molecule has 0 aromatic carbocycles. The second-order valence-electron chi connectivity index (χ2n) is 7.05. The molecular formula is C16H23BrN4O4. The molecule has 1 aromatic rings. The van der Waals surface area contributed by atoms with Gasteiger partial charge in [-0.15, -0.1) is 0 Å². The third-order valence-electron chi connectivity index (χ3n) is 2.18. The molecule has 25 heavy (non-hydrogen) atoms. The molecule has 0 fully saturated rings. The fourth-order valence-electron chi connectivity index (χ4n) is 1.44. The highest BCUT2D eigenvalue weighted by Crippen LogP contribution is 2.13. The van der Waals surface area contributed by atoms with Crippen molar-refractivity contribution in [3.63, 3.8) is 0 Å². The molecule has 0 radical (unpaired) electrons. The number of hydrogen-bond acceptors (Lipinski definition) is 6. The van der Waals surface area contributed by atoms with Crippen LogP contribution in [0.2, 0.25) is 0 Å². The molecule has 1 aromatic heterocycles. The highest BCUT2D eigenvalue weighted by molar-refractivity contribution is 9.10. The van der Waals surface area contributed by atoms with Crippen LogP contribution in [0.25, 0.3) is 0 Å². The molecule has 138 valence electrons. The highest BCUT2D eigenvalue weighted by Gasteiger charge is 2.21. The molecule has 2 amide bonds. The van der Waals surface area contributed by atoms with Crippen LogP contribution in [0.4, 0.5) is 15.4 Å². The number of nitrogens with one attached hydrogen (secondary N) is 2. The summed E-state index contributed by atoms with van der Waals surface area (Å²) in [5, 5.41) is 4.76. The molecule has 9 heteroatoms. The summed E-state index contributed by atoms with van der Waals surface area (Å²) in [7, 11) is 0. The summed E-state index contributed by atoms with van der Waals surface area (Å²) in [6, 6.07) is 3.34. The Morgan fingerprint density at radius 1 is 1.00 bits per heavy atom. The summed E-state index contributed by atoms with van der Waals surface area (Å²) in [5.41, 5.74) is -1.39. The average molecular weight is 415 g/mol. The topological polar surface area (TPSA) is 102 Å². The number of halogens is 1. The molecule has 2 N–H and O–H groups in total. The Kier molecular flexibility index (Phi) is 6.92. The Labute approximate surface area is 155 Å². The number of guanidine groups is 1. The lowest BCUT2D eigenvalue weighted by Crippen LogP contribution is -2.47. The van der Waals surface area contributed by atoms with E-state index in [1.165, 1.54) is 6.20 Å². The van der Waals surface area contributed by atoms with Crippen LogP contribution in [0.15, 0.2) is 27.8 Å². The van der Waals surface area contributed by atoms with Crippen molar-refractivity contribution in [2.75, 3.05) is 0 Å². The van der Waals surface area contributed by atoms with Crippen LogP contribution in [0, 0.1) is 0 Å². The van der Waals surface area contributed by atoms with Crippen molar-refractivity contribution in [3.05, 3.63) is 22.8 Å². The quantitative estimate of drug-likeness (QED) is 0.535. The van der Waals surface area contributed by atoms with Crippen molar-refractivity contribution in [2.45, 2.75) is 52.7 Å². The second-order valence-corrected chi connectivity index (χ2v) is 7.96. The number of carbonyl (C=O) groups excluding carboxylic acids is 2. The largest absolute Gasteiger partial charge is 0.444 e. The minimum atomic E-state index is -0.764. The Bertz CT molecular complexity index is 614. The number of nitrogens with zero attached hydrogens (tertiary/aromatic N) is 2. The molecule has 0 bridgehead atoms. The number of aromatic nitrogens is 1. The summed E-state index contributed by atoms with van der Waals surface area (Å²) < 4.78 is 11.1. The maximum Gasteiger partial charge on any atom is 0.414 e. The molecule has 1 rings (SSSR count). The van der Waals surface area contributed by atoms with Gasteiger partial charge in [0.25, 0.3) is 0 Å². The SMILES string of the molecule is CC(C)(C)OC(=O)NC(=Nc1ccc(Br)cn1)NC(=O)OC(C)(C)C. The zero-order valence-electron chi connectivity index (χ0n) is 15.1. The number of rotatable bonds is 1. The van der Waals surface area contributed by atoms with Gasteiger partial charge in [0.1, 0.15) is 11.2 Å². The van der Waals surface area contributed by atoms with Gasteiger partial charge < -0.3 is 9.47 Å². The predicted molar refractivity (Wildman–Crippen MR) is 97.8 cm³/mol. The van der Waals surface area contributed by atoms with Crippen LogP contribution >= 0.6 is 15.9 Å². The molecule has 0 spiro atoms. The maximum atomic E-state index is 11.9. The molecule has 0 saturated carbocycles. The molecule has 0 aliphatic carbocycles. The molecule has 8 nitrogen and oxygen atoms in total. The zero-order valence-corrected chi connectivity index (χ0v) is 16.7. The lowest BCUT2D eigenvalue weighted by molar-refractivity contribution is 0.0545. The van der Waals surface area contributed by atoms with Crippen molar-refractivity contribution in [1.82, 2.24) is 15.6 Å². The van der Waals surface area contributed by atoms with Gasteiger partial charge in [-0.25, -0.2) is 14.6 Å². The van der Waals surface area contributed by atoms with Gasteiger partial charge in [-0.2, -0.15) is 4.99 Å². The zero-order chi connectivity index (χ0) is 19.3. The Morgan fingerprint density at radius 2 is 1.48 bits per heavy atom. The van der Waals surface area contributed by atoms with E-state index in [0.29, 0.717) is 0 Å². The van der Waals surface area contributed by atoms with Gasteiger partial charge in [-0.05, 0) is 69.6 Å². The summed E-state index contributed by atoms with van der Waals surface area (Å²) >= 11 is 3.27. The molecule has 0 atom stereocenters. The number of alkyl carbamates (subject to hydrolysis) is 2. The van der Waals surface area contributed by atoms with Gasteiger partial charge in [-0.3, -0.25) is 10.6 Å². The third-order valence-corrected chi connectivity index (χ3v) is 2.65. The van der Waals surface area contributed by atoms with E-state index in [-0.39, 0.29) is 11.8 Å². The smallest absolute Gasteiger partial charge is 0.414 e. The molecule has 0 aliphatic heterocycles. The predicted octanol–water partition coefficient (Wildman–Crippen LogP) is 3.88. The van der Waals surface area contributed by atoms with E-state index in [1.54, 1.807) is 53.7 Å². The van der Waals surface area contributed by atoms with Crippen LogP contribution in [-0.4, -0.2) is 34.3 Å². The first-order valence-electron chi connectivity index (χ1n) is 7.54. The first-order valence-corrected chi connectivity index (χ1v) is 8.34. The minimum Gasteiger partial charge on any atom is -0.444 e. The van der Waals surface area contributed by atoms with Crippen LogP contribution in [0.1, 0.15) is 41.5 Å². The minimum absolute atomic E-state index is 0.154. The Balaban J connectivity index is 2.95. The Hall–Kier alpha value is -2.16. The van der Waals surface area contributed by atoms with E-state index < -0.39 is 23.4 Å². The van der Waals surface area contributed by atoms with Crippen LogP contribution < -0.4 is 10.6 Å². The fraction of sp³-hybridized carbons (Fsp3) is 0.500. The van der Waals surface area contributed by atoms with Crippen LogP contribution in [0.5, 0.6) is 0 Å². The van der Waals surface area contributed by atoms with Gasteiger partial charge in [0.15, 0.2) is 5.82 Å². The summed E-state index contributed by atoms with van der Waals surface area (Å²) in [5.74, 6) is 0.128. The van der Waals surface area contributed by atoms with Crippen molar-refractivity contribution < 1.29 is 19.1 Å². The molecule has 0 unspecified atom stereocenters. The van der Waals surface area contributed by atoms with Crippen molar-refractivity contribution in [2.24, 2.45) is 4.99 Å². The molecule has 0 saturated heterocycles. The number of hydrogen-bond donors (Lipinski definition) is 2. The van der Waals surface area contributed by atoms with Gasteiger partial charge >= 0.3 is 12.2 Å². The average Bonchev–Trinajstić information content (AvgIpc) is 2.36. The summed E-state index contributed by atoms with van der Waals surface area (Å²) in [6.45, 7) is 10.3. The van der Waals surface area contributed by atoms with E-state index in [2.05, 4.69) is 36.5 Å². The number of carbonyl (C=O) groups is 2. The number of ether oxygens (including phenoxy) is 2.